The van der Waals surface area contributed by atoms with Crippen molar-refractivity contribution in [3.8, 4) is 11.4 Å². The minimum atomic E-state index is -0.361. The molecule has 3 aromatic rings. The van der Waals surface area contributed by atoms with Crippen LogP contribution in [-0.4, -0.2) is 37.9 Å². The van der Waals surface area contributed by atoms with Gasteiger partial charge in [0.2, 0.25) is 0 Å². The van der Waals surface area contributed by atoms with Crippen molar-refractivity contribution in [1.29, 1.82) is 0 Å². The van der Waals surface area contributed by atoms with Crippen molar-refractivity contribution in [3.63, 3.8) is 0 Å². The molecule has 0 aliphatic heterocycles. The molecule has 0 saturated heterocycles. The number of pyridine rings is 1. The van der Waals surface area contributed by atoms with Gasteiger partial charge < -0.3 is 15.2 Å². The fraction of sp³-hybridized carbons (Fsp3) is 0.269. The normalized spacial score (nSPS) is 16.0. The first kappa shape index (κ1) is 21.8. The lowest BCUT2D eigenvalue weighted by molar-refractivity contribution is -0.112. The minimum absolute atomic E-state index is 0.123. The molecule has 2 saturated carbocycles. The van der Waals surface area contributed by atoms with Crippen LogP contribution in [0.3, 0.4) is 0 Å². The third kappa shape index (κ3) is 5.28. The predicted molar refractivity (Wildman–Crippen MR) is 135 cm³/mol. The summed E-state index contributed by atoms with van der Waals surface area (Å²) in [6.45, 7) is 5.77. The average Bonchev–Trinajstić information content (AvgIpc) is 3.79. The lowest BCUT2D eigenvalue weighted by Gasteiger charge is -2.08. The van der Waals surface area contributed by atoms with Gasteiger partial charge in [-0.15, -0.1) is 10.2 Å². The molecule has 8 heteroatoms. The molecule has 0 radical (unpaired) electrons. The molecule has 2 aliphatic carbocycles. The fourth-order valence-corrected chi connectivity index (χ4v) is 3.55. The molecule has 2 aromatic heterocycles. The standard InChI is InChI=1S/C26H27N7O/c1-17(20-6-11-24(28-15-20)30-21-7-8-21)12-13-27-18(2)26(34)31-22-5-3-4-19(14-22)25-32-29-16-33(25)23-9-10-23/h3-6,11-16,21,23H,2,7-10H2,1H3,(H,28,30)(H,31,34)/b17-12+,27-13-. The van der Waals surface area contributed by atoms with Crippen LogP contribution in [0.2, 0.25) is 0 Å². The average molecular weight is 454 g/mol. The second kappa shape index (κ2) is 9.43. The highest BCUT2D eigenvalue weighted by molar-refractivity contribution is 6.04. The number of benzene rings is 1. The van der Waals surface area contributed by atoms with Crippen LogP contribution in [0, 0.1) is 0 Å². The van der Waals surface area contributed by atoms with E-state index in [2.05, 4.69) is 42.0 Å². The van der Waals surface area contributed by atoms with Crippen LogP contribution >= 0.6 is 0 Å². The Kier molecular flexibility index (Phi) is 6.03. The molecule has 0 atom stereocenters. The summed E-state index contributed by atoms with van der Waals surface area (Å²) >= 11 is 0. The van der Waals surface area contributed by atoms with Crippen molar-refractivity contribution in [2.75, 3.05) is 10.6 Å². The van der Waals surface area contributed by atoms with Gasteiger partial charge in [-0.1, -0.05) is 18.7 Å². The molecule has 1 aromatic carbocycles. The van der Waals surface area contributed by atoms with Crippen molar-refractivity contribution in [2.24, 2.45) is 4.99 Å². The van der Waals surface area contributed by atoms with Crippen molar-refractivity contribution in [1.82, 2.24) is 19.7 Å². The molecule has 1 amide bonds. The lowest BCUT2D eigenvalue weighted by atomic mass is 10.1. The second-order valence-electron chi connectivity index (χ2n) is 8.75. The van der Waals surface area contributed by atoms with Gasteiger partial charge in [0.1, 0.15) is 17.8 Å². The number of aromatic nitrogens is 4. The summed E-state index contributed by atoms with van der Waals surface area (Å²) in [6, 6.07) is 12.6. The van der Waals surface area contributed by atoms with Crippen molar-refractivity contribution in [2.45, 2.75) is 44.7 Å². The van der Waals surface area contributed by atoms with Gasteiger partial charge in [-0.25, -0.2) is 4.98 Å². The van der Waals surface area contributed by atoms with Crippen LogP contribution in [0.4, 0.5) is 11.5 Å². The predicted octanol–water partition coefficient (Wildman–Crippen LogP) is 4.88. The SMILES string of the molecule is C=C(/N=C\C=C(/C)c1ccc(NC2CC2)nc1)C(=O)Nc1cccc(-c2nncn2C2CC2)c1. The summed E-state index contributed by atoms with van der Waals surface area (Å²) in [4.78, 5) is 21.2. The third-order valence-corrected chi connectivity index (χ3v) is 5.86. The third-order valence-electron chi connectivity index (χ3n) is 5.86. The van der Waals surface area contributed by atoms with Gasteiger partial charge in [-0.05, 0) is 74.1 Å². The summed E-state index contributed by atoms with van der Waals surface area (Å²) in [5.41, 5.74) is 3.68. The Morgan fingerprint density at radius 3 is 2.79 bits per heavy atom. The first-order chi connectivity index (χ1) is 16.6. The zero-order chi connectivity index (χ0) is 23.5. The number of amides is 1. The Bertz CT molecular complexity index is 1260. The molecule has 0 unspecified atom stereocenters. The zero-order valence-corrected chi connectivity index (χ0v) is 19.1. The van der Waals surface area contributed by atoms with Crippen LogP contribution in [0.5, 0.6) is 0 Å². The van der Waals surface area contributed by atoms with E-state index in [0.717, 1.165) is 41.2 Å². The number of hydrogen-bond donors (Lipinski definition) is 2. The topological polar surface area (TPSA) is 97.1 Å². The van der Waals surface area contributed by atoms with E-state index in [9.17, 15) is 4.79 Å². The molecule has 2 fully saturated rings. The first-order valence-corrected chi connectivity index (χ1v) is 11.5. The van der Waals surface area contributed by atoms with Gasteiger partial charge in [0.25, 0.3) is 5.91 Å². The van der Waals surface area contributed by atoms with Gasteiger partial charge >= 0.3 is 0 Å². The molecule has 0 bridgehead atoms. The quantitative estimate of drug-likeness (QED) is 0.356. The number of rotatable bonds is 9. The van der Waals surface area contributed by atoms with Crippen molar-refractivity contribution in [3.05, 3.63) is 72.8 Å². The maximum atomic E-state index is 12.6. The maximum Gasteiger partial charge on any atom is 0.273 e. The maximum absolute atomic E-state index is 12.6. The van der Waals surface area contributed by atoms with Crippen molar-refractivity contribution >= 4 is 29.2 Å². The van der Waals surface area contributed by atoms with E-state index < -0.39 is 0 Å². The van der Waals surface area contributed by atoms with E-state index in [0.29, 0.717) is 17.8 Å². The summed E-state index contributed by atoms with van der Waals surface area (Å²) in [7, 11) is 0. The summed E-state index contributed by atoms with van der Waals surface area (Å²) in [5, 5.41) is 14.5. The zero-order valence-electron chi connectivity index (χ0n) is 19.1. The van der Waals surface area contributed by atoms with E-state index in [1.165, 1.54) is 12.8 Å². The highest BCUT2D eigenvalue weighted by Crippen LogP contribution is 2.37. The highest BCUT2D eigenvalue weighted by atomic mass is 16.2. The largest absolute Gasteiger partial charge is 0.367 e. The van der Waals surface area contributed by atoms with Gasteiger partial charge in [-0.3, -0.25) is 9.79 Å². The summed E-state index contributed by atoms with van der Waals surface area (Å²) in [6.07, 6.45) is 11.7. The fourth-order valence-electron chi connectivity index (χ4n) is 3.55. The Balaban J connectivity index is 1.19. The monoisotopic (exact) mass is 453 g/mol. The van der Waals surface area contributed by atoms with E-state index in [-0.39, 0.29) is 11.6 Å². The molecule has 172 valence electrons. The highest BCUT2D eigenvalue weighted by Gasteiger charge is 2.26. The van der Waals surface area contributed by atoms with Crippen LogP contribution in [0.15, 0.2) is 72.3 Å². The number of carbonyl (C=O) groups excluding carboxylic acids is 1. The van der Waals surface area contributed by atoms with Gasteiger partial charge in [0.05, 0.1) is 0 Å². The molecule has 8 nitrogen and oxygen atoms in total. The van der Waals surface area contributed by atoms with E-state index in [1.807, 2.05) is 55.6 Å². The Morgan fingerprint density at radius 2 is 2.06 bits per heavy atom. The molecule has 5 rings (SSSR count). The van der Waals surface area contributed by atoms with E-state index in [1.54, 1.807) is 12.5 Å². The number of anilines is 2. The molecule has 2 aliphatic rings. The number of hydrogen-bond acceptors (Lipinski definition) is 6. The van der Waals surface area contributed by atoms with Gasteiger partial charge in [0, 0.05) is 35.7 Å². The molecular formula is C26H27N7O. The molecule has 0 spiro atoms. The Hall–Kier alpha value is -4.07. The van der Waals surface area contributed by atoms with Crippen LogP contribution in [0.25, 0.3) is 17.0 Å². The second-order valence-corrected chi connectivity index (χ2v) is 8.75. The Morgan fingerprint density at radius 1 is 1.21 bits per heavy atom. The van der Waals surface area contributed by atoms with Crippen molar-refractivity contribution < 1.29 is 4.79 Å². The number of allylic oxidation sites excluding steroid dienone is 2. The molecule has 34 heavy (non-hydrogen) atoms. The van der Waals surface area contributed by atoms with Gasteiger partial charge in [0.15, 0.2) is 5.82 Å². The first-order valence-electron chi connectivity index (χ1n) is 11.5. The van der Waals surface area contributed by atoms with Crippen LogP contribution < -0.4 is 10.6 Å². The lowest BCUT2D eigenvalue weighted by Crippen LogP contribution is -2.12. The summed E-state index contributed by atoms with van der Waals surface area (Å²) in [5.74, 6) is 1.34. The minimum Gasteiger partial charge on any atom is -0.367 e. The number of nitrogens with one attached hydrogen (secondary N) is 2. The van der Waals surface area contributed by atoms with E-state index in [4.69, 9.17) is 0 Å². The van der Waals surface area contributed by atoms with Crippen LogP contribution in [0.1, 0.15) is 44.2 Å². The number of carbonyl (C=O) groups is 1. The molecule has 2 N–H and O–H groups in total. The smallest absolute Gasteiger partial charge is 0.273 e. The summed E-state index contributed by atoms with van der Waals surface area (Å²) < 4.78 is 2.09. The Labute approximate surface area is 198 Å². The molecular weight excluding hydrogens is 426 g/mol. The number of nitrogens with zero attached hydrogens (tertiary/aromatic N) is 5. The number of aliphatic imine (C=N–C) groups is 1. The van der Waals surface area contributed by atoms with Gasteiger partial charge in [-0.2, -0.15) is 0 Å². The molecule has 2 heterocycles. The van der Waals surface area contributed by atoms with Crippen LogP contribution in [-0.2, 0) is 4.79 Å². The van der Waals surface area contributed by atoms with E-state index >= 15 is 0 Å².